The molecule has 1 amide bonds. The zero-order chi connectivity index (χ0) is 27.6. The van der Waals surface area contributed by atoms with Crippen LogP contribution in [-0.4, -0.2) is 61.0 Å². The SMILES string of the molecule is COCCCN(CC(=O)OC(C)(C)C)C(=O)/C(C)=C/c1ccc(C(=O)Oc2ccc(C(=N)N)cc2)cc1.Cl. The Morgan fingerprint density at radius 3 is 2.11 bits per heavy atom. The van der Waals surface area contributed by atoms with Gasteiger partial charge in [0.15, 0.2) is 0 Å². The van der Waals surface area contributed by atoms with E-state index in [-0.39, 0.29) is 30.7 Å². The lowest BCUT2D eigenvalue weighted by molar-refractivity contribution is -0.158. The first-order valence-electron chi connectivity index (χ1n) is 11.8. The molecule has 0 aliphatic heterocycles. The number of nitrogen functional groups attached to an aromatic ring is 1. The second kappa shape index (κ2) is 14.9. The van der Waals surface area contributed by atoms with E-state index < -0.39 is 17.5 Å². The molecule has 2 rings (SSSR count). The normalized spacial score (nSPS) is 11.2. The minimum atomic E-state index is -0.649. The van der Waals surface area contributed by atoms with Crippen molar-refractivity contribution in [2.75, 3.05) is 26.8 Å². The molecule has 0 aliphatic carbocycles. The maximum atomic E-state index is 13.1. The summed E-state index contributed by atoms with van der Waals surface area (Å²) in [6.07, 6.45) is 2.27. The Balaban J connectivity index is 0.00000722. The van der Waals surface area contributed by atoms with E-state index in [1.807, 2.05) is 0 Å². The summed E-state index contributed by atoms with van der Waals surface area (Å²) in [5.74, 6) is -1.05. The highest BCUT2D eigenvalue weighted by Gasteiger charge is 2.23. The summed E-state index contributed by atoms with van der Waals surface area (Å²) in [5.41, 5.74) is 6.79. The number of benzene rings is 2. The molecule has 0 heterocycles. The number of nitrogens with zero attached hydrogens (tertiary/aromatic N) is 1. The number of halogens is 1. The molecule has 38 heavy (non-hydrogen) atoms. The number of hydrogen-bond donors (Lipinski definition) is 2. The molecule has 0 saturated heterocycles. The quantitative estimate of drug-likeness (QED) is 0.108. The maximum absolute atomic E-state index is 13.1. The number of rotatable bonds is 11. The predicted octanol–water partition coefficient (Wildman–Crippen LogP) is 4.22. The number of methoxy groups -OCH3 is 1. The predicted molar refractivity (Wildman–Crippen MR) is 149 cm³/mol. The van der Waals surface area contributed by atoms with E-state index in [0.29, 0.717) is 47.6 Å². The van der Waals surface area contributed by atoms with Crippen LogP contribution in [0.3, 0.4) is 0 Å². The molecular formula is C28H36ClN3O6. The van der Waals surface area contributed by atoms with Crippen LogP contribution in [0.2, 0.25) is 0 Å². The van der Waals surface area contributed by atoms with E-state index in [0.717, 1.165) is 0 Å². The molecule has 0 bridgehead atoms. The molecule has 3 N–H and O–H groups in total. The Hall–Kier alpha value is -3.69. The summed E-state index contributed by atoms with van der Waals surface area (Å²) >= 11 is 0. The van der Waals surface area contributed by atoms with Crippen LogP contribution in [0, 0.1) is 5.41 Å². The first kappa shape index (κ1) is 32.3. The van der Waals surface area contributed by atoms with Gasteiger partial charge in [-0.3, -0.25) is 15.0 Å². The summed E-state index contributed by atoms with van der Waals surface area (Å²) in [6, 6.07) is 12.9. The number of ether oxygens (including phenoxy) is 3. The van der Waals surface area contributed by atoms with Gasteiger partial charge in [0.05, 0.1) is 5.56 Å². The highest BCUT2D eigenvalue weighted by Crippen LogP contribution is 2.16. The van der Waals surface area contributed by atoms with Gasteiger partial charge in [0.1, 0.15) is 23.7 Å². The van der Waals surface area contributed by atoms with Crippen LogP contribution >= 0.6 is 12.4 Å². The molecular weight excluding hydrogens is 510 g/mol. The van der Waals surface area contributed by atoms with E-state index >= 15 is 0 Å². The van der Waals surface area contributed by atoms with Crippen LogP contribution in [0.15, 0.2) is 54.1 Å². The van der Waals surface area contributed by atoms with Crippen LogP contribution in [0.5, 0.6) is 5.75 Å². The van der Waals surface area contributed by atoms with E-state index in [1.165, 1.54) is 4.90 Å². The molecule has 206 valence electrons. The van der Waals surface area contributed by atoms with Crippen LogP contribution in [0.4, 0.5) is 0 Å². The average molecular weight is 546 g/mol. The van der Waals surface area contributed by atoms with Gasteiger partial charge in [-0.15, -0.1) is 12.4 Å². The van der Waals surface area contributed by atoms with E-state index in [1.54, 1.807) is 89.4 Å². The number of carbonyl (C=O) groups is 3. The third kappa shape index (κ3) is 10.7. The summed E-state index contributed by atoms with van der Waals surface area (Å²) < 4.78 is 15.8. The number of nitrogens with one attached hydrogen (secondary N) is 1. The summed E-state index contributed by atoms with van der Waals surface area (Å²) in [6.45, 7) is 7.63. The Kier molecular flexibility index (Phi) is 12.7. The minimum absolute atomic E-state index is 0. The fourth-order valence-electron chi connectivity index (χ4n) is 3.33. The zero-order valence-electron chi connectivity index (χ0n) is 22.4. The smallest absolute Gasteiger partial charge is 0.343 e. The van der Waals surface area contributed by atoms with Crippen molar-refractivity contribution >= 4 is 42.2 Å². The molecule has 2 aromatic carbocycles. The standard InChI is InChI=1S/C28H35N3O6.ClH/c1-19(26(33)31(15-6-16-35-5)18-24(32)37-28(2,3)4)17-20-7-9-22(10-8-20)27(34)36-23-13-11-21(12-14-23)25(29)30;/h7-14,17H,6,15-16,18H2,1-5H3,(H3,29,30);1H/b19-17+;. The van der Waals surface area contributed by atoms with Gasteiger partial charge in [0.2, 0.25) is 5.91 Å². The van der Waals surface area contributed by atoms with Crippen LogP contribution in [0.25, 0.3) is 6.08 Å². The largest absolute Gasteiger partial charge is 0.459 e. The van der Waals surface area contributed by atoms with Gasteiger partial charge in [0, 0.05) is 31.4 Å². The van der Waals surface area contributed by atoms with Gasteiger partial charge < -0.3 is 24.8 Å². The van der Waals surface area contributed by atoms with E-state index in [4.69, 9.17) is 25.4 Å². The number of esters is 2. The Labute approximate surface area is 229 Å². The third-order valence-electron chi connectivity index (χ3n) is 5.05. The number of amides is 1. The van der Waals surface area contributed by atoms with Crippen molar-refractivity contribution in [2.24, 2.45) is 5.73 Å². The number of carbonyl (C=O) groups excluding carboxylic acids is 3. The van der Waals surface area contributed by atoms with Gasteiger partial charge in [-0.2, -0.15) is 0 Å². The Morgan fingerprint density at radius 1 is 1.00 bits per heavy atom. The number of amidine groups is 1. The van der Waals surface area contributed by atoms with Crippen molar-refractivity contribution in [3.63, 3.8) is 0 Å². The van der Waals surface area contributed by atoms with Gasteiger partial charge in [-0.25, -0.2) is 4.79 Å². The molecule has 0 spiro atoms. The fourth-order valence-corrected chi connectivity index (χ4v) is 3.33. The van der Waals surface area contributed by atoms with Gasteiger partial charge >= 0.3 is 11.9 Å². The van der Waals surface area contributed by atoms with Crippen LogP contribution in [-0.2, 0) is 19.1 Å². The monoisotopic (exact) mass is 545 g/mol. The molecule has 10 heteroatoms. The van der Waals surface area contributed by atoms with E-state index in [2.05, 4.69) is 0 Å². The second-order valence-corrected chi connectivity index (χ2v) is 9.44. The van der Waals surface area contributed by atoms with Crippen molar-refractivity contribution in [2.45, 2.75) is 39.7 Å². The third-order valence-corrected chi connectivity index (χ3v) is 5.05. The van der Waals surface area contributed by atoms with Crippen molar-refractivity contribution < 1.29 is 28.6 Å². The zero-order valence-corrected chi connectivity index (χ0v) is 23.2. The van der Waals surface area contributed by atoms with Crippen molar-refractivity contribution in [3.05, 3.63) is 70.8 Å². The summed E-state index contributed by atoms with van der Waals surface area (Å²) in [4.78, 5) is 39.4. The Bertz CT molecular complexity index is 1140. The molecule has 0 saturated carbocycles. The van der Waals surface area contributed by atoms with Crippen LogP contribution < -0.4 is 10.5 Å². The molecule has 0 fully saturated rings. The highest BCUT2D eigenvalue weighted by molar-refractivity contribution is 5.99. The number of hydrogen-bond acceptors (Lipinski definition) is 7. The molecule has 0 aliphatic rings. The lowest BCUT2D eigenvalue weighted by Gasteiger charge is -2.25. The van der Waals surface area contributed by atoms with Gasteiger partial charge in [0.25, 0.3) is 0 Å². The lowest BCUT2D eigenvalue weighted by Crippen LogP contribution is -2.40. The average Bonchev–Trinajstić information content (AvgIpc) is 2.82. The number of nitrogens with two attached hydrogens (primary N) is 1. The van der Waals surface area contributed by atoms with Gasteiger partial charge in [-0.1, -0.05) is 12.1 Å². The Morgan fingerprint density at radius 2 is 1.58 bits per heavy atom. The fraction of sp³-hybridized carbons (Fsp3) is 0.357. The lowest BCUT2D eigenvalue weighted by atomic mass is 10.1. The van der Waals surface area contributed by atoms with Crippen LogP contribution in [0.1, 0.15) is 55.6 Å². The molecule has 9 nitrogen and oxygen atoms in total. The van der Waals surface area contributed by atoms with Crippen molar-refractivity contribution in [3.8, 4) is 5.75 Å². The summed E-state index contributed by atoms with van der Waals surface area (Å²) in [7, 11) is 1.58. The first-order valence-corrected chi connectivity index (χ1v) is 11.8. The molecule has 2 aromatic rings. The molecule has 0 unspecified atom stereocenters. The minimum Gasteiger partial charge on any atom is -0.459 e. The van der Waals surface area contributed by atoms with E-state index in [9.17, 15) is 14.4 Å². The molecule has 0 aromatic heterocycles. The highest BCUT2D eigenvalue weighted by atomic mass is 35.5. The topological polar surface area (TPSA) is 132 Å². The molecule has 0 radical (unpaired) electrons. The van der Waals surface area contributed by atoms with Crippen molar-refractivity contribution in [1.82, 2.24) is 4.90 Å². The first-order chi connectivity index (χ1) is 17.4. The second-order valence-electron chi connectivity index (χ2n) is 9.44. The maximum Gasteiger partial charge on any atom is 0.343 e. The van der Waals surface area contributed by atoms with Crippen molar-refractivity contribution in [1.29, 1.82) is 5.41 Å². The molecule has 0 atom stereocenters. The van der Waals surface area contributed by atoms with Gasteiger partial charge in [-0.05, 0) is 82.2 Å². The summed E-state index contributed by atoms with van der Waals surface area (Å²) in [5, 5.41) is 7.42.